The molecular weight excluding hydrogens is 656 g/mol. The zero-order valence-corrected chi connectivity index (χ0v) is 26.8. The van der Waals surface area contributed by atoms with Crippen molar-refractivity contribution in [3.8, 4) is 11.1 Å². The van der Waals surface area contributed by atoms with E-state index in [0.717, 1.165) is 11.1 Å². The van der Waals surface area contributed by atoms with E-state index in [0.29, 0.717) is 52.1 Å². The molecule has 1 spiro atoms. The summed E-state index contributed by atoms with van der Waals surface area (Å²) >= 11 is 3.37. The van der Waals surface area contributed by atoms with Gasteiger partial charge in [0.15, 0.2) is 5.78 Å². The number of amides is 3. The van der Waals surface area contributed by atoms with E-state index in [2.05, 4.69) is 46.6 Å². The highest BCUT2D eigenvalue weighted by atomic mass is 79.9. The molecule has 1 unspecified atom stereocenters. The minimum atomic E-state index is -0.789. The van der Waals surface area contributed by atoms with Crippen molar-refractivity contribution in [1.29, 1.82) is 0 Å². The number of nitrogens with one attached hydrogen (secondary N) is 2. The number of pyridine rings is 1. The fraction of sp³-hybridized carbons (Fsp3) is 0.375. The summed E-state index contributed by atoms with van der Waals surface area (Å²) in [7, 11) is 0. The second kappa shape index (κ2) is 11.7. The zero-order chi connectivity index (χ0) is 32.2. The number of rotatable bonds is 4. The Hall–Kier alpha value is -4.56. The van der Waals surface area contributed by atoms with E-state index in [9.17, 15) is 19.2 Å². The van der Waals surface area contributed by atoms with Crippen molar-refractivity contribution in [2.75, 3.05) is 18.5 Å². The molecule has 46 heavy (non-hydrogen) atoms. The smallest absolute Gasteiger partial charge is 0.248 e. The molecule has 4 aromatic rings. The molecule has 14 heteroatoms. The number of likely N-dealkylation sites (tertiary alicyclic amines) is 1. The van der Waals surface area contributed by atoms with Crippen molar-refractivity contribution in [3.63, 3.8) is 0 Å². The molecule has 3 aliphatic rings. The number of hydrogen-bond donors (Lipinski definition) is 2. The standard InChI is InChI=1S/C32H31BrN8O5/c1-17(42)29-22-9-19(21-12-34-18(2)35-13-21)3-5-23(22)40(39-29)14-28(44)41-24-10-32(11-25(32)41)16-36-27(43)7-8-46-15-20-4-6-26(33)37-30(20)38-31(24)45/h3-6,9,12-13,24-25H,7-8,10-11,14-16H2,1-2H3,(H,36,43)(H,37,38,45)/t24-,25?,32-/m0/s1. The fourth-order valence-corrected chi connectivity index (χ4v) is 6.87. The fourth-order valence-electron chi connectivity index (χ4n) is 6.56. The van der Waals surface area contributed by atoms with Gasteiger partial charge in [0, 0.05) is 60.3 Å². The summed E-state index contributed by atoms with van der Waals surface area (Å²) in [6.07, 6.45) is 4.70. The Labute approximate surface area is 272 Å². The molecule has 3 amide bonds. The van der Waals surface area contributed by atoms with Crippen LogP contribution >= 0.6 is 15.9 Å². The number of piperidine rings is 1. The van der Waals surface area contributed by atoms with Crippen LogP contribution in [-0.2, 0) is 32.3 Å². The largest absolute Gasteiger partial charge is 0.376 e. The molecule has 3 atom stereocenters. The molecule has 2 aliphatic heterocycles. The van der Waals surface area contributed by atoms with Gasteiger partial charge in [-0.3, -0.25) is 23.9 Å². The van der Waals surface area contributed by atoms with Crippen LogP contribution < -0.4 is 10.6 Å². The normalized spacial score (nSPS) is 22.8. The molecule has 1 aromatic carbocycles. The lowest BCUT2D eigenvalue weighted by Gasteiger charge is -2.27. The Morgan fingerprint density at radius 3 is 2.70 bits per heavy atom. The molecule has 0 radical (unpaired) electrons. The first kappa shape index (κ1) is 30.1. The second-order valence-corrected chi connectivity index (χ2v) is 12.9. The predicted octanol–water partition coefficient (Wildman–Crippen LogP) is 3.20. The van der Waals surface area contributed by atoms with E-state index in [1.807, 2.05) is 18.2 Å². The average molecular weight is 688 g/mol. The van der Waals surface area contributed by atoms with Crippen molar-refractivity contribution >= 4 is 56.2 Å². The average Bonchev–Trinajstić information content (AvgIpc) is 3.45. The van der Waals surface area contributed by atoms with Crippen LogP contribution in [0, 0.1) is 12.3 Å². The summed E-state index contributed by atoms with van der Waals surface area (Å²) in [6, 6.07) is 8.09. The molecule has 2 N–H and O–H groups in total. The lowest BCUT2D eigenvalue weighted by Crippen LogP contribution is -2.47. The summed E-state index contributed by atoms with van der Waals surface area (Å²) in [5, 5.41) is 11.1. The third kappa shape index (κ3) is 5.55. The van der Waals surface area contributed by atoms with Gasteiger partial charge in [-0.2, -0.15) is 5.10 Å². The van der Waals surface area contributed by atoms with Crippen molar-refractivity contribution in [1.82, 2.24) is 34.9 Å². The minimum absolute atomic E-state index is 0.145. The van der Waals surface area contributed by atoms with Crippen LogP contribution in [0.2, 0.25) is 0 Å². The van der Waals surface area contributed by atoms with Crippen LogP contribution in [0.5, 0.6) is 0 Å². The van der Waals surface area contributed by atoms with Gasteiger partial charge in [0.25, 0.3) is 0 Å². The number of ketones is 1. The second-order valence-electron chi connectivity index (χ2n) is 12.1. The first-order chi connectivity index (χ1) is 22.1. The number of nitrogens with zero attached hydrogens (tertiary/aromatic N) is 6. The van der Waals surface area contributed by atoms with Crippen LogP contribution in [0.3, 0.4) is 0 Å². The number of hydrogen-bond acceptors (Lipinski definition) is 9. The molecule has 3 aromatic heterocycles. The van der Waals surface area contributed by atoms with E-state index >= 15 is 0 Å². The molecule has 2 bridgehead atoms. The Morgan fingerprint density at radius 1 is 1.11 bits per heavy atom. The van der Waals surface area contributed by atoms with Gasteiger partial charge in [-0.1, -0.05) is 12.1 Å². The number of Topliss-reactive ketones (excluding diaryl/α,β-unsaturated/α-hetero) is 1. The highest BCUT2D eigenvalue weighted by molar-refractivity contribution is 9.10. The summed E-state index contributed by atoms with van der Waals surface area (Å²) in [5.41, 5.74) is 2.72. The molecule has 1 aliphatic carbocycles. The van der Waals surface area contributed by atoms with Crippen molar-refractivity contribution < 1.29 is 23.9 Å². The van der Waals surface area contributed by atoms with Gasteiger partial charge in [0.2, 0.25) is 17.7 Å². The third-order valence-electron chi connectivity index (χ3n) is 9.05. The lowest BCUT2D eigenvalue weighted by molar-refractivity contribution is -0.138. The predicted molar refractivity (Wildman–Crippen MR) is 169 cm³/mol. The van der Waals surface area contributed by atoms with E-state index in [-0.39, 0.29) is 61.4 Å². The number of carbonyl (C=O) groups is 4. The molecule has 5 heterocycles. The highest BCUT2D eigenvalue weighted by Gasteiger charge is 2.67. The zero-order valence-electron chi connectivity index (χ0n) is 25.2. The van der Waals surface area contributed by atoms with Gasteiger partial charge >= 0.3 is 0 Å². The van der Waals surface area contributed by atoms with E-state index < -0.39 is 11.5 Å². The Balaban J connectivity index is 1.20. The Kier molecular flexibility index (Phi) is 7.64. The van der Waals surface area contributed by atoms with E-state index in [1.54, 1.807) is 36.4 Å². The van der Waals surface area contributed by atoms with Crippen LogP contribution in [0.15, 0.2) is 47.3 Å². The molecule has 2 fully saturated rings. The number of anilines is 1. The third-order valence-corrected chi connectivity index (χ3v) is 9.49. The van der Waals surface area contributed by atoms with Crippen LogP contribution in [-0.4, -0.2) is 78.4 Å². The van der Waals surface area contributed by atoms with Gasteiger partial charge in [0.05, 0.1) is 18.7 Å². The van der Waals surface area contributed by atoms with Crippen LogP contribution in [0.4, 0.5) is 5.82 Å². The number of benzene rings is 1. The van der Waals surface area contributed by atoms with E-state index in [4.69, 9.17) is 4.74 Å². The van der Waals surface area contributed by atoms with Crippen molar-refractivity contribution in [2.24, 2.45) is 5.41 Å². The monoisotopic (exact) mass is 686 g/mol. The minimum Gasteiger partial charge on any atom is -0.376 e. The lowest BCUT2D eigenvalue weighted by atomic mass is 9.98. The van der Waals surface area contributed by atoms with Crippen molar-refractivity contribution in [2.45, 2.75) is 58.3 Å². The number of ether oxygens (including phenoxy) is 1. The van der Waals surface area contributed by atoms with Gasteiger partial charge < -0.3 is 20.3 Å². The first-order valence-corrected chi connectivity index (χ1v) is 15.8. The molecule has 7 rings (SSSR count). The maximum Gasteiger partial charge on any atom is 0.248 e. The maximum atomic E-state index is 14.1. The molecule has 1 saturated heterocycles. The van der Waals surface area contributed by atoms with Crippen LogP contribution in [0.1, 0.15) is 48.1 Å². The summed E-state index contributed by atoms with van der Waals surface area (Å²) in [4.78, 5) is 67.9. The molecule has 236 valence electrons. The molecule has 1 saturated carbocycles. The summed E-state index contributed by atoms with van der Waals surface area (Å²) < 4.78 is 7.76. The topological polar surface area (TPSA) is 161 Å². The van der Waals surface area contributed by atoms with Gasteiger partial charge in [0.1, 0.15) is 34.5 Å². The SMILES string of the molecule is CC(=O)c1nn(CC(=O)N2C3C[C@@]34CNC(=O)CCOCc3ccc(Br)nc3NC(=O)[C@@H]2C4)c2ccc(-c3cnc(C)nc3)cc12. The number of carbonyl (C=O) groups excluding carboxylic acids is 4. The number of aromatic nitrogens is 5. The molecular formula is C32H31BrN8O5. The summed E-state index contributed by atoms with van der Waals surface area (Å²) in [5.74, 6) is -0.0632. The quantitative estimate of drug-likeness (QED) is 0.243. The molecule has 13 nitrogen and oxygen atoms in total. The highest BCUT2D eigenvalue weighted by Crippen LogP contribution is 2.59. The number of halogens is 1. The van der Waals surface area contributed by atoms with Gasteiger partial charge in [-0.25, -0.2) is 15.0 Å². The summed E-state index contributed by atoms with van der Waals surface area (Å²) in [6.45, 7) is 3.81. The van der Waals surface area contributed by atoms with Crippen LogP contribution in [0.25, 0.3) is 22.0 Å². The number of aryl methyl sites for hydroxylation is 1. The number of fused-ring (bicyclic) bond motifs is 3. The van der Waals surface area contributed by atoms with E-state index in [1.165, 1.54) is 11.6 Å². The van der Waals surface area contributed by atoms with Crippen molar-refractivity contribution in [3.05, 3.63) is 64.4 Å². The Morgan fingerprint density at radius 2 is 1.91 bits per heavy atom. The van der Waals surface area contributed by atoms with Gasteiger partial charge in [-0.05, 0) is 59.5 Å². The Bertz CT molecular complexity index is 1910. The van der Waals surface area contributed by atoms with Gasteiger partial charge in [-0.15, -0.1) is 0 Å². The first-order valence-electron chi connectivity index (χ1n) is 15.0. The maximum absolute atomic E-state index is 14.1.